The first-order valence-electron chi connectivity index (χ1n) is 6.95. The Bertz CT molecular complexity index is 190. The molecule has 0 fully saturated rings. The van der Waals surface area contributed by atoms with E-state index < -0.39 is 8.80 Å². The summed E-state index contributed by atoms with van der Waals surface area (Å²) < 4.78 is 17.8. The summed E-state index contributed by atoms with van der Waals surface area (Å²) in [4.78, 5) is 0. The van der Waals surface area contributed by atoms with Crippen LogP contribution >= 0.6 is 11.8 Å². The van der Waals surface area contributed by atoms with Crippen LogP contribution in [0.3, 0.4) is 0 Å². The Morgan fingerprint density at radius 3 is 1.67 bits per heavy atom. The van der Waals surface area contributed by atoms with Crippen LogP contribution in [0.15, 0.2) is 0 Å². The molecule has 110 valence electrons. The van der Waals surface area contributed by atoms with Crippen molar-refractivity contribution < 1.29 is 13.3 Å². The van der Waals surface area contributed by atoms with Crippen molar-refractivity contribution in [3.05, 3.63) is 0 Å². The highest BCUT2D eigenvalue weighted by molar-refractivity contribution is 8.00. The zero-order valence-electron chi connectivity index (χ0n) is 12.9. The van der Waals surface area contributed by atoms with E-state index in [0.29, 0.717) is 24.6 Å². The third-order valence-corrected chi connectivity index (χ3v) is 6.77. The van der Waals surface area contributed by atoms with E-state index in [-0.39, 0.29) is 0 Å². The fourth-order valence-corrected chi connectivity index (χ4v) is 5.44. The molecule has 18 heavy (non-hydrogen) atoms. The standard InChI is InChI=1S/C13H30O3SSi/c1-7-14-18(15-8-2,16-9-3)12-10-11-17-13(4,5)6/h7-12H2,1-6H3. The maximum Gasteiger partial charge on any atom is 0.500 e. The highest BCUT2D eigenvalue weighted by Crippen LogP contribution is 2.26. The van der Waals surface area contributed by atoms with E-state index >= 15 is 0 Å². The van der Waals surface area contributed by atoms with Crippen molar-refractivity contribution in [2.24, 2.45) is 0 Å². The molecule has 0 N–H and O–H groups in total. The minimum Gasteiger partial charge on any atom is -0.374 e. The van der Waals surface area contributed by atoms with Gasteiger partial charge in [-0.25, -0.2) is 0 Å². The Morgan fingerprint density at radius 1 is 0.889 bits per heavy atom. The third-order valence-electron chi connectivity index (χ3n) is 2.26. The van der Waals surface area contributed by atoms with Gasteiger partial charge in [-0.3, -0.25) is 0 Å². The summed E-state index contributed by atoms with van der Waals surface area (Å²) >= 11 is 1.98. The number of rotatable bonds is 10. The van der Waals surface area contributed by atoms with E-state index in [1.54, 1.807) is 0 Å². The topological polar surface area (TPSA) is 27.7 Å². The second kappa shape index (κ2) is 9.37. The van der Waals surface area contributed by atoms with E-state index in [2.05, 4.69) is 20.8 Å². The van der Waals surface area contributed by atoms with Crippen molar-refractivity contribution in [3.63, 3.8) is 0 Å². The van der Waals surface area contributed by atoms with Gasteiger partial charge in [0, 0.05) is 30.6 Å². The van der Waals surface area contributed by atoms with Crippen molar-refractivity contribution in [2.75, 3.05) is 25.6 Å². The van der Waals surface area contributed by atoms with Crippen LogP contribution in [0, 0.1) is 0 Å². The van der Waals surface area contributed by atoms with Gasteiger partial charge in [-0.05, 0) is 32.9 Å². The van der Waals surface area contributed by atoms with Gasteiger partial charge in [-0.1, -0.05) is 20.8 Å². The molecule has 0 unspecified atom stereocenters. The quantitative estimate of drug-likeness (QED) is 0.450. The molecule has 0 heterocycles. The summed E-state index contributed by atoms with van der Waals surface area (Å²) in [5.41, 5.74) is 0. The molecule has 0 rings (SSSR count). The fraction of sp³-hybridized carbons (Fsp3) is 1.00. The first-order valence-corrected chi connectivity index (χ1v) is 9.86. The molecule has 5 heteroatoms. The van der Waals surface area contributed by atoms with Gasteiger partial charge in [0.15, 0.2) is 0 Å². The SMILES string of the molecule is CCO[Si](CCCSC(C)(C)C)(OCC)OCC. The minimum absolute atomic E-state index is 0.326. The lowest BCUT2D eigenvalue weighted by atomic mass is 10.3. The summed E-state index contributed by atoms with van der Waals surface area (Å²) in [6.07, 6.45) is 1.09. The molecule has 0 aliphatic rings. The normalized spacial score (nSPS) is 13.0. The summed E-state index contributed by atoms with van der Waals surface area (Å²) in [6.45, 7) is 14.7. The van der Waals surface area contributed by atoms with E-state index in [0.717, 1.165) is 18.2 Å². The average Bonchev–Trinajstić information content (AvgIpc) is 2.24. The van der Waals surface area contributed by atoms with Crippen LogP contribution in [0.2, 0.25) is 6.04 Å². The van der Waals surface area contributed by atoms with E-state index in [1.807, 2.05) is 32.5 Å². The molecule has 0 atom stereocenters. The average molecular weight is 295 g/mol. The summed E-state index contributed by atoms with van der Waals surface area (Å²) in [5.74, 6) is 1.13. The summed E-state index contributed by atoms with van der Waals surface area (Å²) in [5, 5.41) is 0. The summed E-state index contributed by atoms with van der Waals surface area (Å²) in [6, 6.07) is 0.922. The van der Waals surface area contributed by atoms with E-state index in [1.165, 1.54) is 0 Å². The lowest BCUT2D eigenvalue weighted by molar-refractivity contribution is 0.0712. The molecule has 0 amide bonds. The highest BCUT2D eigenvalue weighted by Gasteiger charge is 2.39. The minimum atomic E-state index is -2.41. The Hall–Kier alpha value is 0.447. The first kappa shape index (κ1) is 18.4. The highest BCUT2D eigenvalue weighted by atomic mass is 32.2. The molecule has 0 bridgehead atoms. The third kappa shape index (κ3) is 8.53. The number of hydrogen-bond donors (Lipinski definition) is 0. The molecular weight excluding hydrogens is 264 g/mol. The van der Waals surface area contributed by atoms with Crippen LogP contribution < -0.4 is 0 Å². The molecule has 0 aromatic heterocycles. The molecule has 0 saturated heterocycles. The Labute approximate surface area is 118 Å². The smallest absolute Gasteiger partial charge is 0.374 e. The Balaban J connectivity index is 4.21. The largest absolute Gasteiger partial charge is 0.500 e. The lowest BCUT2D eigenvalue weighted by Gasteiger charge is -2.28. The van der Waals surface area contributed by atoms with Crippen LogP contribution in [-0.4, -0.2) is 39.1 Å². The van der Waals surface area contributed by atoms with Crippen LogP contribution in [0.25, 0.3) is 0 Å². The van der Waals surface area contributed by atoms with Gasteiger partial charge in [0.25, 0.3) is 0 Å². The molecule has 0 aliphatic heterocycles. The van der Waals surface area contributed by atoms with Crippen LogP contribution in [0.5, 0.6) is 0 Å². The van der Waals surface area contributed by atoms with Gasteiger partial charge < -0.3 is 13.3 Å². The lowest BCUT2D eigenvalue weighted by Crippen LogP contribution is -2.46. The van der Waals surface area contributed by atoms with Crippen molar-refractivity contribution >= 4 is 20.6 Å². The molecule has 0 radical (unpaired) electrons. The Morgan fingerprint density at radius 2 is 1.33 bits per heavy atom. The van der Waals surface area contributed by atoms with Gasteiger partial charge in [-0.2, -0.15) is 11.8 Å². The van der Waals surface area contributed by atoms with E-state index in [4.69, 9.17) is 13.3 Å². The van der Waals surface area contributed by atoms with E-state index in [9.17, 15) is 0 Å². The number of hydrogen-bond acceptors (Lipinski definition) is 4. The molecule has 3 nitrogen and oxygen atoms in total. The molecule has 0 spiro atoms. The fourth-order valence-electron chi connectivity index (χ4n) is 1.67. The van der Waals surface area contributed by atoms with Crippen LogP contribution in [0.1, 0.15) is 48.0 Å². The predicted octanol–water partition coefficient (Wildman–Crippen LogP) is 3.96. The molecule has 0 aromatic carbocycles. The van der Waals surface area contributed by atoms with Gasteiger partial charge in [0.2, 0.25) is 0 Å². The molecule has 0 aliphatic carbocycles. The maximum absolute atomic E-state index is 5.83. The zero-order chi connectivity index (χ0) is 14.1. The molecule has 0 aromatic rings. The molecule has 0 saturated carbocycles. The predicted molar refractivity (Wildman–Crippen MR) is 82.3 cm³/mol. The van der Waals surface area contributed by atoms with Crippen molar-refractivity contribution in [1.29, 1.82) is 0 Å². The second-order valence-corrected chi connectivity index (χ2v) is 9.70. The van der Waals surface area contributed by atoms with Crippen molar-refractivity contribution in [1.82, 2.24) is 0 Å². The van der Waals surface area contributed by atoms with Gasteiger partial charge in [0.05, 0.1) is 0 Å². The van der Waals surface area contributed by atoms with Gasteiger partial charge >= 0.3 is 8.80 Å². The van der Waals surface area contributed by atoms with Gasteiger partial charge in [0.1, 0.15) is 0 Å². The molecular formula is C13H30O3SSi. The maximum atomic E-state index is 5.83. The monoisotopic (exact) mass is 294 g/mol. The van der Waals surface area contributed by atoms with Crippen LogP contribution in [0.4, 0.5) is 0 Å². The number of thioether (sulfide) groups is 1. The zero-order valence-corrected chi connectivity index (χ0v) is 14.7. The van der Waals surface area contributed by atoms with Crippen LogP contribution in [-0.2, 0) is 13.3 Å². The second-order valence-electron chi connectivity index (χ2n) is 5.05. The van der Waals surface area contributed by atoms with Crippen molar-refractivity contribution in [3.8, 4) is 0 Å². The Kier molecular flexibility index (Phi) is 9.60. The summed E-state index contributed by atoms with van der Waals surface area (Å²) in [7, 11) is -2.41. The van der Waals surface area contributed by atoms with Crippen molar-refractivity contribution in [2.45, 2.75) is 58.8 Å². The van der Waals surface area contributed by atoms with Gasteiger partial charge in [-0.15, -0.1) is 0 Å². The first-order chi connectivity index (χ1) is 8.39.